The van der Waals surface area contributed by atoms with Crippen LogP contribution in [0.3, 0.4) is 0 Å². The lowest BCUT2D eigenvalue weighted by atomic mass is 10.1. The standard InChI is InChI=1S/C14H29N3/c1-4-15-9-7-12(2)17-10-8-13-5-6-14(11-17)16(13)3/h12-15H,4-11H2,1-3H3. The van der Waals surface area contributed by atoms with Crippen molar-refractivity contribution >= 4 is 0 Å². The molecule has 17 heavy (non-hydrogen) atoms. The first kappa shape index (κ1) is 13.3. The molecule has 1 N–H and O–H groups in total. The number of rotatable bonds is 5. The van der Waals surface area contributed by atoms with E-state index in [0.717, 1.165) is 31.2 Å². The lowest BCUT2D eigenvalue weighted by molar-refractivity contribution is 0.174. The maximum atomic E-state index is 3.44. The Morgan fingerprint density at radius 3 is 2.76 bits per heavy atom. The number of likely N-dealkylation sites (N-methyl/N-ethyl adjacent to an activating group) is 1. The Balaban J connectivity index is 1.81. The minimum Gasteiger partial charge on any atom is -0.317 e. The molecular weight excluding hydrogens is 210 g/mol. The molecule has 2 rings (SSSR count). The molecule has 2 aliphatic rings. The molecule has 3 nitrogen and oxygen atoms in total. The summed E-state index contributed by atoms with van der Waals surface area (Å²) in [5.74, 6) is 0. The molecule has 0 radical (unpaired) electrons. The second kappa shape index (κ2) is 6.17. The topological polar surface area (TPSA) is 18.5 Å². The molecule has 0 aromatic carbocycles. The van der Waals surface area contributed by atoms with E-state index in [9.17, 15) is 0 Å². The predicted molar refractivity (Wildman–Crippen MR) is 73.4 cm³/mol. The SMILES string of the molecule is CCNCCC(C)N1CCC2CCC(C1)N2C. The summed E-state index contributed by atoms with van der Waals surface area (Å²) in [5, 5.41) is 3.44. The quantitative estimate of drug-likeness (QED) is 0.734. The van der Waals surface area contributed by atoms with Gasteiger partial charge >= 0.3 is 0 Å². The van der Waals surface area contributed by atoms with Crippen molar-refractivity contribution in [2.24, 2.45) is 0 Å². The Hall–Kier alpha value is -0.120. The van der Waals surface area contributed by atoms with Crippen LogP contribution in [-0.4, -0.2) is 61.2 Å². The van der Waals surface area contributed by atoms with Gasteiger partial charge in [0.2, 0.25) is 0 Å². The molecule has 3 heteroatoms. The Labute approximate surface area is 107 Å². The fourth-order valence-electron chi connectivity index (χ4n) is 3.41. The van der Waals surface area contributed by atoms with Crippen LogP contribution in [0.4, 0.5) is 0 Å². The molecule has 2 saturated heterocycles. The van der Waals surface area contributed by atoms with Crippen molar-refractivity contribution in [2.45, 2.75) is 57.7 Å². The zero-order valence-corrected chi connectivity index (χ0v) is 11.8. The zero-order valence-electron chi connectivity index (χ0n) is 11.8. The Kier molecular flexibility index (Phi) is 4.83. The van der Waals surface area contributed by atoms with E-state index < -0.39 is 0 Å². The molecule has 2 bridgehead atoms. The highest BCUT2D eigenvalue weighted by Gasteiger charge is 2.35. The molecule has 0 saturated carbocycles. The van der Waals surface area contributed by atoms with E-state index in [-0.39, 0.29) is 0 Å². The number of nitrogens with one attached hydrogen (secondary N) is 1. The molecule has 2 fully saturated rings. The summed E-state index contributed by atoms with van der Waals surface area (Å²) in [6.07, 6.45) is 5.51. The second-order valence-electron chi connectivity index (χ2n) is 5.83. The van der Waals surface area contributed by atoms with Gasteiger partial charge in [0.05, 0.1) is 0 Å². The fourth-order valence-corrected chi connectivity index (χ4v) is 3.41. The predicted octanol–water partition coefficient (Wildman–Crippen LogP) is 1.54. The van der Waals surface area contributed by atoms with Crippen LogP contribution in [0.2, 0.25) is 0 Å². The molecule has 3 atom stereocenters. The van der Waals surface area contributed by atoms with Crippen LogP contribution in [0, 0.1) is 0 Å². The van der Waals surface area contributed by atoms with Gasteiger partial charge in [-0.1, -0.05) is 6.92 Å². The summed E-state index contributed by atoms with van der Waals surface area (Å²) in [6.45, 7) is 9.44. The van der Waals surface area contributed by atoms with E-state index in [4.69, 9.17) is 0 Å². The highest BCUT2D eigenvalue weighted by atomic mass is 15.3. The maximum Gasteiger partial charge on any atom is 0.0223 e. The van der Waals surface area contributed by atoms with Gasteiger partial charge in [0, 0.05) is 24.7 Å². The van der Waals surface area contributed by atoms with E-state index in [1.54, 1.807) is 0 Å². The molecule has 0 amide bonds. The third kappa shape index (κ3) is 3.21. The van der Waals surface area contributed by atoms with Crippen LogP contribution >= 0.6 is 0 Å². The van der Waals surface area contributed by atoms with Gasteiger partial charge in [0.15, 0.2) is 0 Å². The summed E-state index contributed by atoms with van der Waals surface area (Å²) < 4.78 is 0. The first-order chi connectivity index (χ1) is 8.22. The minimum absolute atomic E-state index is 0.738. The van der Waals surface area contributed by atoms with E-state index in [1.165, 1.54) is 38.8 Å². The number of hydrogen-bond acceptors (Lipinski definition) is 3. The van der Waals surface area contributed by atoms with Crippen LogP contribution in [0.1, 0.15) is 39.5 Å². The summed E-state index contributed by atoms with van der Waals surface area (Å²) >= 11 is 0. The van der Waals surface area contributed by atoms with Crippen LogP contribution in [0.15, 0.2) is 0 Å². The van der Waals surface area contributed by atoms with E-state index in [0.29, 0.717) is 0 Å². The van der Waals surface area contributed by atoms with Crippen LogP contribution < -0.4 is 5.32 Å². The molecule has 100 valence electrons. The van der Waals surface area contributed by atoms with Gasteiger partial charge in [-0.2, -0.15) is 0 Å². The summed E-state index contributed by atoms with van der Waals surface area (Å²) in [6, 6.07) is 2.43. The van der Waals surface area contributed by atoms with Gasteiger partial charge in [-0.25, -0.2) is 0 Å². The molecule has 0 aromatic heterocycles. The summed E-state index contributed by atoms with van der Waals surface area (Å²) in [4.78, 5) is 5.36. The summed E-state index contributed by atoms with van der Waals surface area (Å²) in [5.41, 5.74) is 0. The monoisotopic (exact) mass is 239 g/mol. The third-order valence-corrected chi connectivity index (χ3v) is 4.79. The lowest BCUT2D eigenvalue weighted by Gasteiger charge is -2.31. The summed E-state index contributed by atoms with van der Waals surface area (Å²) in [7, 11) is 2.33. The fraction of sp³-hybridized carbons (Fsp3) is 1.00. The zero-order chi connectivity index (χ0) is 12.3. The average Bonchev–Trinajstić information content (AvgIpc) is 2.53. The first-order valence-corrected chi connectivity index (χ1v) is 7.39. The highest BCUT2D eigenvalue weighted by Crippen LogP contribution is 2.29. The van der Waals surface area contributed by atoms with Crippen LogP contribution in [0.25, 0.3) is 0 Å². The molecule has 0 aromatic rings. The molecule has 3 unspecified atom stereocenters. The van der Waals surface area contributed by atoms with Crippen molar-refractivity contribution in [2.75, 3.05) is 33.2 Å². The smallest absolute Gasteiger partial charge is 0.0223 e. The van der Waals surface area contributed by atoms with E-state index in [2.05, 4.69) is 36.0 Å². The number of likely N-dealkylation sites (tertiary alicyclic amines) is 1. The van der Waals surface area contributed by atoms with E-state index >= 15 is 0 Å². The van der Waals surface area contributed by atoms with E-state index in [1.807, 2.05) is 0 Å². The van der Waals surface area contributed by atoms with Gasteiger partial charge < -0.3 is 5.32 Å². The van der Waals surface area contributed by atoms with Crippen molar-refractivity contribution < 1.29 is 0 Å². The Bertz CT molecular complexity index is 232. The average molecular weight is 239 g/mol. The molecule has 0 spiro atoms. The van der Waals surface area contributed by atoms with Crippen molar-refractivity contribution in [1.29, 1.82) is 0 Å². The van der Waals surface area contributed by atoms with Crippen LogP contribution in [0.5, 0.6) is 0 Å². The van der Waals surface area contributed by atoms with Crippen LogP contribution in [-0.2, 0) is 0 Å². The van der Waals surface area contributed by atoms with Gasteiger partial charge in [-0.15, -0.1) is 0 Å². The molecule has 2 aliphatic heterocycles. The van der Waals surface area contributed by atoms with Gasteiger partial charge in [-0.3, -0.25) is 9.80 Å². The lowest BCUT2D eigenvalue weighted by Crippen LogP contribution is -2.41. The number of hydrogen-bond donors (Lipinski definition) is 1. The Morgan fingerprint density at radius 1 is 1.24 bits per heavy atom. The van der Waals surface area contributed by atoms with Crippen molar-refractivity contribution in [3.8, 4) is 0 Å². The second-order valence-corrected chi connectivity index (χ2v) is 5.83. The molecule has 2 heterocycles. The minimum atomic E-state index is 0.738. The van der Waals surface area contributed by atoms with Gasteiger partial charge in [-0.05, 0) is 59.3 Å². The van der Waals surface area contributed by atoms with Gasteiger partial charge in [0.1, 0.15) is 0 Å². The van der Waals surface area contributed by atoms with Crippen molar-refractivity contribution in [3.63, 3.8) is 0 Å². The highest BCUT2D eigenvalue weighted by molar-refractivity contribution is 4.92. The largest absolute Gasteiger partial charge is 0.317 e. The Morgan fingerprint density at radius 2 is 2.00 bits per heavy atom. The normalized spacial score (nSPS) is 32.6. The molecular formula is C14H29N3. The number of fused-ring (bicyclic) bond motifs is 2. The molecule has 0 aliphatic carbocycles. The maximum absolute atomic E-state index is 3.44. The first-order valence-electron chi connectivity index (χ1n) is 7.39. The van der Waals surface area contributed by atoms with Gasteiger partial charge in [0.25, 0.3) is 0 Å². The van der Waals surface area contributed by atoms with Crippen molar-refractivity contribution in [3.05, 3.63) is 0 Å². The third-order valence-electron chi connectivity index (χ3n) is 4.79. The number of nitrogens with zero attached hydrogens (tertiary/aromatic N) is 2. The van der Waals surface area contributed by atoms with Crippen molar-refractivity contribution in [1.82, 2.24) is 15.1 Å².